The zero-order valence-electron chi connectivity index (χ0n) is 10.4. The van der Waals surface area contributed by atoms with Gasteiger partial charge in [-0.2, -0.15) is 0 Å². The van der Waals surface area contributed by atoms with Crippen LogP contribution in [-0.2, 0) is 11.4 Å². The first-order chi connectivity index (χ1) is 9.01. The Balaban J connectivity index is 2.58. The van der Waals surface area contributed by atoms with Gasteiger partial charge in [0, 0.05) is 11.6 Å². The van der Waals surface area contributed by atoms with E-state index < -0.39 is 11.4 Å². The van der Waals surface area contributed by atoms with Crippen LogP contribution in [0.1, 0.15) is 19.4 Å². The van der Waals surface area contributed by atoms with Gasteiger partial charge in [0.15, 0.2) is 0 Å². The van der Waals surface area contributed by atoms with E-state index in [2.05, 4.69) is 14.4 Å². The van der Waals surface area contributed by atoms with Crippen molar-refractivity contribution in [2.24, 2.45) is 4.40 Å². The lowest BCUT2D eigenvalue weighted by atomic mass is 10.1. The van der Waals surface area contributed by atoms with Crippen molar-refractivity contribution in [2.75, 3.05) is 5.75 Å². The van der Waals surface area contributed by atoms with Crippen LogP contribution in [0.5, 0.6) is 0 Å². The molecule has 0 radical (unpaired) electrons. The Morgan fingerprint density at radius 3 is 3.00 bits per heavy atom. The summed E-state index contributed by atoms with van der Waals surface area (Å²) in [5.74, 6) is 0.413. The number of nitrogens with zero attached hydrogens (tertiary/aromatic N) is 2. The number of pyridine rings is 2. The molecule has 0 aliphatic heterocycles. The second kappa shape index (κ2) is 5.73. The van der Waals surface area contributed by atoms with E-state index >= 15 is 0 Å². The minimum Gasteiger partial charge on any atom is -0.591 e. The quantitative estimate of drug-likeness (QED) is 0.695. The fraction of sp³-hybridized carbons (Fsp3) is 0.250. The second-order valence-electron chi connectivity index (χ2n) is 3.89. The summed E-state index contributed by atoms with van der Waals surface area (Å²) in [6, 6.07) is 3.35. The fourth-order valence-corrected chi connectivity index (χ4v) is 2.30. The molecule has 2 aromatic rings. The molecule has 5 nitrogen and oxygen atoms in total. The molecule has 0 saturated carbocycles. The molecule has 0 fully saturated rings. The van der Waals surface area contributed by atoms with Gasteiger partial charge in [-0.3, -0.25) is 4.79 Å². The van der Waals surface area contributed by atoms with Crippen LogP contribution < -0.4 is 5.56 Å². The Morgan fingerprint density at radius 2 is 2.32 bits per heavy atom. The van der Waals surface area contributed by atoms with E-state index in [-0.39, 0.29) is 5.56 Å². The van der Waals surface area contributed by atoms with Gasteiger partial charge in [0.1, 0.15) is 17.1 Å². The molecule has 7 heteroatoms. The van der Waals surface area contributed by atoms with Crippen molar-refractivity contribution in [3.63, 3.8) is 0 Å². The van der Waals surface area contributed by atoms with E-state index in [1.807, 2.05) is 0 Å². The van der Waals surface area contributed by atoms with Crippen LogP contribution in [0.3, 0.4) is 0 Å². The molecular weight excluding hydrogens is 286 g/mol. The highest BCUT2D eigenvalue weighted by Crippen LogP contribution is 2.15. The van der Waals surface area contributed by atoms with Crippen molar-refractivity contribution >= 4 is 39.7 Å². The zero-order chi connectivity index (χ0) is 14.0. The Bertz CT molecular complexity index is 699. The van der Waals surface area contributed by atoms with Crippen LogP contribution in [-0.4, -0.2) is 26.0 Å². The largest absolute Gasteiger partial charge is 0.591 e. The Morgan fingerprint density at radius 1 is 1.58 bits per heavy atom. The van der Waals surface area contributed by atoms with Crippen molar-refractivity contribution in [2.45, 2.75) is 13.8 Å². The molecule has 2 aromatic heterocycles. The first kappa shape index (κ1) is 14.0. The number of fused-ring (bicyclic) bond motifs is 1. The van der Waals surface area contributed by atoms with Crippen LogP contribution >= 0.6 is 11.6 Å². The molecule has 1 unspecified atom stereocenters. The number of hydrogen-bond acceptors (Lipinski definition) is 4. The lowest BCUT2D eigenvalue weighted by molar-refractivity contribution is 0.598. The molecule has 0 amide bonds. The number of nitrogens with one attached hydrogen (secondary N) is 1. The van der Waals surface area contributed by atoms with Gasteiger partial charge in [-0.05, 0) is 26.0 Å². The van der Waals surface area contributed by atoms with E-state index in [0.717, 1.165) is 0 Å². The van der Waals surface area contributed by atoms with Crippen molar-refractivity contribution < 1.29 is 4.55 Å². The maximum absolute atomic E-state index is 11.9. The van der Waals surface area contributed by atoms with Gasteiger partial charge in [-0.15, -0.1) is 0 Å². The molecular formula is C12H12ClN3O2S. The molecule has 0 aliphatic carbocycles. The highest BCUT2D eigenvalue weighted by molar-refractivity contribution is 7.90. The van der Waals surface area contributed by atoms with Gasteiger partial charge < -0.3 is 9.54 Å². The summed E-state index contributed by atoms with van der Waals surface area (Å²) < 4.78 is 15.4. The first-order valence-corrected chi connectivity index (χ1v) is 7.29. The van der Waals surface area contributed by atoms with Crippen molar-refractivity contribution in [1.29, 1.82) is 0 Å². The zero-order valence-corrected chi connectivity index (χ0v) is 12.0. The molecule has 2 rings (SSSR count). The highest BCUT2D eigenvalue weighted by Gasteiger charge is 2.10. The molecule has 0 aliphatic rings. The van der Waals surface area contributed by atoms with Gasteiger partial charge >= 0.3 is 0 Å². The van der Waals surface area contributed by atoms with Crippen LogP contribution in [0, 0.1) is 0 Å². The third kappa shape index (κ3) is 3.15. The molecule has 0 spiro atoms. The van der Waals surface area contributed by atoms with Crippen LogP contribution in [0.25, 0.3) is 11.0 Å². The molecule has 19 heavy (non-hydrogen) atoms. The van der Waals surface area contributed by atoms with Gasteiger partial charge in [-0.1, -0.05) is 16.0 Å². The average molecular weight is 298 g/mol. The molecule has 0 bridgehead atoms. The summed E-state index contributed by atoms with van der Waals surface area (Å²) in [5.41, 5.74) is 0.959. The summed E-state index contributed by atoms with van der Waals surface area (Å²) >= 11 is 4.55. The van der Waals surface area contributed by atoms with E-state index in [9.17, 15) is 9.35 Å². The molecule has 2 heterocycles. The molecule has 0 aromatic carbocycles. The number of halogens is 1. The number of H-pyrrole nitrogens is 1. The van der Waals surface area contributed by atoms with E-state index in [4.69, 9.17) is 11.6 Å². The topological polar surface area (TPSA) is 81.2 Å². The number of rotatable bonds is 3. The Labute approximate surface area is 118 Å². The van der Waals surface area contributed by atoms with Crippen LogP contribution in [0.15, 0.2) is 27.5 Å². The van der Waals surface area contributed by atoms with Crippen LogP contribution in [0.4, 0.5) is 0 Å². The monoisotopic (exact) mass is 297 g/mol. The fourth-order valence-electron chi connectivity index (χ4n) is 1.60. The van der Waals surface area contributed by atoms with E-state index in [0.29, 0.717) is 33.1 Å². The summed E-state index contributed by atoms with van der Waals surface area (Å²) in [6.45, 7) is 3.42. The van der Waals surface area contributed by atoms with E-state index in [1.165, 1.54) is 6.20 Å². The average Bonchev–Trinajstić information content (AvgIpc) is 2.38. The van der Waals surface area contributed by atoms with Gasteiger partial charge in [0.05, 0.1) is 21.9 Å². The standard InChI is InChI=1S/C12H12ClN3O2S/c1-3-19(18)16-7(2)10-5-8-4-9(13)6-14-11(8)15-12(10)17/h4-6H,3H2,1-2H3,(H,14,15,17). The van der Waals surface area contributed by atoms with Crippen molar-refractivity contribution in [1.82, 2.24) is 9.97 Å². The number of aromatic amines is 1. The summed E-state index contributed by atoms with van der Waals surface area (Å²) in [4.78, 5) is 18.6. The highest BCUT2D eigenvalue weighted by atomic mass is 35.5. The van der Waals surface area contributed by atoms with Crippen molar-refractivity contribution in [3.8, 4) is 0 Å². The second-order valence-corrected chi connectivity index (χ2v) is 5.73. The smallest absolute Gasteiger partial charge is 0.258 e. The lowest BCUT2D eigenvalue weighted by Crippen LogP contribution is -2.18. The van der Waals surface area contributed by atoms with Crippen molar-refractivity contribution in [3.05, 3.63) is 39.3 Å². The minimum atomic E-state index is -1.31. The third-order valence-corrected chi connectivity index (χ3v) is 3.71. The summed E-state index contributed by atoms with van der Waals surface area (Å²) in [5, 5.41) is 1.19. The SMILES string of the molecule is CC[S+]([O-])N=C(C)c1cc2cc(Cl)cnc2[nH]c1=O. The number of aromatic nitrogens is 2. The summed E-state index contributed by atoms with van der Waals surface area (Å²) in [7, 11) is 0. The molecule has 1 atom stereocenters. The third-order valence-electron chi connectivity index (χ3n) is 2.54. The Hall–Kier alpha value is -1.37. The summed E-state index contributed by atoms with van der Waals surface area (Å²) in [6.07, 6.45) is 1.46. The molecule has 1 N–H and O–H groups in total. The number of hydrogen-bond donors (Lipinski definition) is 1. The van der Waals surface area contributed by atoms with Crippen LogP contribution in [0.2, 0.25) is 5.02 Å². The first-order valence-electron chi connectivity index (χ1n) is 5.64. The lowest BCUT2D eigenvalue weighted by Gasteiger charge is -2.04. The van der Waals surface area contributed by atoms with Gasteiger partial charge in [-0.25, -0.2) is 4.98 Å². The van der Waals surface area contributed by atoms with E-state index in [1.54, 1.807) is 26.0 Å². The maximum Gasteiger partial charge on any atom is 0.258 e. The normalized spacial score (nSPS) is 13.8. The molecule has 100 valence electrons. The predicted octanol–water partition coefficient (Wildman–Crippen LogP) is 2.07. The predicted molar refractivity (Wildman–Crippen MR) is 78.3 cm³/mol. The molecule has 0 saturated heterocycles. The maximum atomic E-state index is 11.9. The van der Waals surface area contributed by atoms with Gasteiger partial charge in [0.25, 0.3) is 5.56 Å². The van der Waals surface area contributed by atoms with Gasteiger partial charge in [0.2, 0.25) is 0 Å². The Kier molecular flexibility index (Phi) is 4.24. The minimum absolute atomic E-state index is 0.309.